The maximum absolute atomic E-state index is 11.3. The summed E-state index contributed by atoms with van der Waals surface area (Å²) < 4.78 is 22.5. The van der Waals surface area contributed by atoms with Crippen molar-refractivity contribution in [3.8, 4) is 0 Å². The van der Waals surface area contributed by atoms with Gasteiger partial charge in [0.1, 0.15) is 0 Å². The Morgan fingerprint density at radius 2 is 1.58 bits per heavy atom. The number of hydrogen-bond acceptors (Lipinski definition) is 5. The lowest BCUT2D eigenvalue weighted by Crippen LogP contribution is -2.25. The first kappa shape index (κ1) is 13.2. The highest BCUT2D eigenvalue weighted by Gasteiger charge is 2.24. The summed E-state index contributed by atoms with van der Waals surface area (Å²) in [5.41, 5.74) is 0.760. The first-order chi connectivity index (χ1) is 8.86. The molecule has 1 saturated heterocycles. The number of sulfone groups is 1. The van der Waals surface area contributed by atoms with Crippen molar-refractivity contribution in [2.45, 2.75) is 11.4 Å². The second-order valence-corrected chi connectivity index (χ2v) is 6.00. The van der Waals surface area contributed by atoms with Gasteiger partial charge in [0.05, 0.1) is 11.4 Å². The Morgan fingerprint density at radius 1 is 1.05 bits per heavy atom. The zero-order valence-corrected chi connectivity index (χ0v) is 10.8. The van der Waals surface area contributed by atoms with E-state index in [0.29, 0.717) is 0 Å². The summed E-state index contributed by atoms with van der Waals surface area (Å²) >= 11 is 0. The summed E-state index contributed by atoms with van der Waals surface area (Å²) in [4.78, 5) is 26.0. The molecule has 0 spiro atoms. The van der Waals surface area contributed by atoms with E-state index in [1.165, 1.54) is 12.1 Å². The van der Waals surface area contributed by atoms with E-state index in [0.717, 1.165) is 11.8 Å². The van der Waals surface area contributed by atoms with E-state index in [4.69, 9.17) is 0 Å². The lowest BCUT2D eigenvalue weighted by molar-refractivity contribution is -0.135. The molecular formula is C11H11N3O4S. The third kappa shape index (κ3) is 3.16. The second-order valence-electron chi connectivity index (χ2n) is 3.99. The smallest absolute Gasteiger partial charge is 0.288 e. The summed E-state index contributed by atoms with van der Waals surface area (Å²) in [7, 11) is -3.21. The van der Waals surface area contributed by atoms with Crippen molar-refractivity contribution >= 4 is 27.6 Å². The number of aliphatic imine (C=N–C) groups is 1. The standard InChI is InChI=1S/C11H11N3O4S/c1-19(17,18)8-4-2-7(3-5-8)6-12-11-13-9(15)10(16)14-11/h2-5H,6H2,1H3,(H2,12,13,14,15,16). The SMILES string of the molecule is CS(=O)(=O)c1ccc(CN=C2NC(=O)C(=O)N2)cc1. The first-order valence-electron chi connectivity index (χ1n) is 5.32. The predicted molar refractivity (Wildman–Crippen MR) is 67.0 cm³/mol. The summed E-state index contributed by atoms with van der Waals surface area (Å²) in [5, 5.41) is 4.53. The molecular weight excluding hydrogens is 270 g/mol. The van der Waals surface area contributed by atoms with Crippen molar-refractivity contribution in [1.29, 1.82) is 0 Å². The van der Waals surface area contributed by atoms with Crippen LogP contribution in [-0.4, -0.2) is 32.4 Å². The van der Waals surface area contributed by atoms with Crippen molar-refractivity contribution in [2.75, 3.05) is 6.26 Å². The van der Waals surface area contributed by atoms with E-state index >= 15 is 0 Å². The average Bonchev–Trinajstić information content (AvgIpc) is 2.66. The molecule has 0 radical (unpaired) electrons. The van der Waals surface area contributed by atoms with Gasteiger partial charge in [0, 0.05) is 6.26 Å². The van der Waals surface area contributed by atoms with E-state index in [9.17, 15) is 18.0 Å². The van der Waals surface area contributed by atoms with Gasteiger partial charge >= 0.3 is 11.8 Å². The van der Waals surface area contributed by atoms with Gasteiger partial charge in [-0.25, -0.2) is 13.4 Å². The summed E-state index contributed by atoms with van der Waals surface area (Å²) in [6, 6.07) is 6.21. The molecule has 1 aliphatic heterocycles. The van der Waals surface area contributed by atoms with Gasteiger partial charge in [-0.1, -0.05) is 12.1 Å². The van der Waals surface area contributed by atoms with Crippen LogP contribution >= 0.6 is 0 Å². The van der Waals surface area contributed by atoms with Gasteiger partial charge < -0.3 is 0 Å². The number of rotatable bonds is 3. The van der Waals surface area contributed by atoms with Gasteiger partial charge in [-0.3, -0.25) is 20.2 Å². The molecule has 0 aliphatic carbocycles. The highest BCUT2D eigenvalue weighted by molar-refractivity contribution is 7.90. The molecule has 1 heterocycles. The van der Waals surface area contributed by atoms with Crippen LogP contribution in [0.25, 0.3) is 0 Å². The van der Waals surface area contributed by atoms with Crippen LogP contribution in [0.3, 0.4) is 0 Å². The van der Waals surface area contributed by atoms with E-state index in [1.807, 2.05) is 0 Å². The lowest BCUT2D eigenvalue weighted by atomic mass is 10.2. The number of nitrogens with zero attached hydrogens (tertiary/aromatic N) is 1. The molecule has 1 aliphatic rings. The molecule has 0 atom stereocenters. The highest BCUT2D eigenvalue weighted by atomic mass is 32.2. The number of guanidine groups is 1. The third-order valence-electron chi connectivity index (χ3n) is 2.44. The fourth-order valence-corrected chi connectivity index (χ4v) is 2.08. The first-order valence-corrected chi connectivity index (χ1v) is 7.21. The van der Waals surface area contributed by atoms with Gasteiger partial charge in [0.2, 0.25) is 5.96 Å². The van der Waals surface area contributed by atoms with Gasteiger partial charge in [0.25, 0.3) is 0 Å². The molecule has 2 amide bonds. The minimum atomic E-state index is -3.21. The Bertz CT molecular complexity index is 644. The highest BCUT2D eigenvalue weighted by Crippen LogP contribution is 2.11. The Hall–Kier alpha value is -2.22. The molecule has 1 fully saturated rings. The maximum atomic E-state index is 11.3. The van der Waals surface area contributed by atoms with Crippen LogP contribution in [0.15, 0.2) is 34.2 Å². The molecule has 100 valence electrons. The van der Waals surface area contributed by atoms with E-state index in [2.05, 4.69) is 15.6 Å². The fraction of sp³-hybridized carbons (Fsp3) is 0.182. The molecule has 0 unspecified atom stereocenters. The van der Waals surface area contributed by atoms with Gasteiger partial charge in [0.15, 0.2) is 9.84 Å². The molecule has 1 aromatic carbocycles. The Balaban J connectivity index is 2.07. The third-order valence-corrected chi connectivity index (χ3v) is 3.57. The van der Waals surface area contributed by atoms with Gasteiger partial charge in [-0.15, -0.1) is 0 Å². The quantitative estimate of drug-likeness (QED) is 0.707. The fourth-order valence-electron chi connectivity index (χ4n) is 1.45. The zero-order chi connectivity index (χ0) is 14.0. The number of amides is 2. The summed E-state index contributed by atoms with van der Waals surface area (Å²) in [5.74, 6) is -1.39. The topological polar surface area (TPSA) is 105 Å². The molecule has 0 saturated carbocycles. The Labute approximate surface area is 109 Å². The minimum Gasteiger partial charge on any atom is -0.288 e. The monoisotopic (exact) mass is 281 g/mol. The van der Waals surface area contributed by atoms with Crippen molar-refractivity contribution in [1.82, 2.24) is 10.6 Å². The average molecular weight is 281 g/mol. The minimum absolute atomic E-state index is 0.0992. The van der Waals surface area contributed by atoms with Crippen LogP contribution in [0, 0.1) is 0 Å². The zero-order valence-electron chi connectivity index (χ0n) is 10.0. The van der Waals surface area contributed by atoms with E-state index in [-0.39, 0.29) is 17.4 Å². The number of hydrogen-bond donors (Lipinski definition) is 2. The van der Waals surface area contributed by atoms with E-state index < -0.39 is 21.7 Å². The van der Waals surface area contributed by atoms with Crippen molar-refractivity contribution in [3.63, 3.8) is 0 Å². The largest absolute Gasteiger partial charge is 0.316 e. The van der Waals surface area contributed by atoms with Crippen LogP contribution in [0.5, 0.6) is 0 Å². The van der Waals surface area contributed by atoms with Crippen molar-refractivity contribution in [2.24, 2.45) is 4.99 Å². The molecule has 2 N–H and O–H groups in total. The molecule has 0 bridgehead atoms. The Kier molecular flexibility index (Phi) is 3.34. The van der Waals surface area contributed by atoms with Gasteiger partial charge in [-0.2, -0.15) is 0 Å². The predicted octanol–water partition coefficient (Wildman–Crippen LogP) is -0.808. The second kappa shape index (κ2) is 4.81. The normalized spacial score (nSPS) is 15.1. The number of carbonyl (C=O) groups excluding carboxylic acids is 2. The number of nitrogens with one attached hydrogen (secondary N) is 2. The molecule has 8 heteroatoms. The molecule has 19 heavy (non-hydrogen) atoms. The van der Waals surface area contributed by atoms with Crippen LogP contribution < -0.4 is 10.6 Å². The number of benzene rings is 1. The van der Waals surface area contributed by atoms with Crippen molar-refractivity contribution in [3.05, 3.63) is 29.8 Å². The van der Waals surface area contributed by atoms with E-state index in [1.54, 1.807) is 12.1 Å². The molecule has 1 aromatic rings. The van der Waals surface area contributed by atoms with Crippen LogP contribution in [0.1, 0.15) is 5.56 Å². The molecule has 2 rings (SSSR count). The summed E-state index contributed by atoms with van der Waals surface area (Å²) in [6.07, 6.45) is 1.13. The molecule has 7 nitrogen and oxygen atoms in total. The summed E-state index contributed by atoms with van der Waals surface area (Å²) in [6.45, 7) is 0.222. The maximum Gasteiger partial charge on any atom is 0.316 e. The van der Waals surface area contributed by atoms with Gasteiger partial charge in [-0.05, 0) is 17.7 Å². The Morgan fingerprint density at radius 3 is 2.05 bits per heavy atom. The molecule has 0 aromatic heterocycles. The van der Waals surface area contributed by atoms with Crippen molar-refractivity contribution < 1.29 is 18.0 Å². The number of carbonyl (C=O) groups is 2. The van der Waals surface area contributed by atoms with Crippen LogP contribution in [0.4, 0.5) is 0 Å². The van der Waals surface area contributed by atoms with Crippen LogP contribution in [0.2, 0.25) is 0 Å². The lowest BCUT2D eigenvalue weighted by Gasteiger charge is -2.01. The van der Waals surface area contributed by atoms with Crippen LogP contribution in [-0.2, 0) is 26.0 Å².